The average molecular weight is 313 g/mol. The van der Waals surface area contributed by atoms with Crippen LogP contribution in [0.3, 0.4) is 0 Å². The third-order valence-corrected chi connectivity index (χ3v) is 2.97. The van der Waals surface area contributed by atoms with Gasteiger partial charge in [0.1, 0.15) is 0 Å². The van der Waals surface area contributed by atoms with Crippen LogP contribution in [0.2, 0.25) is 0 Å². The number of hydrogen-bond donors (Lipinski definition) is 0. The van der Waals surface area contributed by atoms with Gasteiger partial charge in [-0.05, 0) is 23.3 Å². The Morgan fingerprint density at radius 3 is 1.84 bits per heavy atom. The van der Waals surface area contributed by atoms with Crippen LogP contribution >= 0.6 is 12.2 Å². The van der Waals surface area contributed by atoms with Gasteiger partial charge in [-0.2, -0.15) is 0 Å². The molecule has 0 saturated heterocycles. The van der Waals surface area contributed by atoms with Crippen LogP contribution in [0.1, 0.15) is 11.1 Å². The fourth-order valence-electron chi connectivity index (χ4n) is 1.61. The van der Waals surface area contributed by atoms with Gasteiger partial charge in [0, 0.05) is 37.9 Å². The van der Waals surface area contributed by atoms with E-state index in [9.17, 15) is 0 Å². The summed E-state index contributed by atoms with van der Waals surface area (Å²) in [5.41, 5.74) is 2.18. The Balaban J connectivity index is 0.00000180. The third-order valence-electron chi connectivity index (χ3n) is 2.45. The topological polar surface area (TPSA) is 29.0 Å². The first-order valence-corrected chi connectivity index (χ1v) is 6.31. The van der Waals surface area contributed by atoms with Gasteiger partial charge in [0.05, 0.1) is 0 Å². The van der Waals surface area contributed by atoms with Crippen molar-refractivity contribution in [3.63, 3.8) is 0 Å². The van der Waals surface area contributed by atoms with Crippen LogP contribution in [0.5, 0.6) is 0 Å². The van der Waals surface area contributed by atoms with Crippen molar-refractivity contribution in [2.75, 3.05) is 0 Å². The largest absolute Gasteiger partial charge is 1.00 e. The maximum absolute atomic E-state index is 5.12. The molecular weight excluding hydrogens is 301 g/mol. The molecule has 0 amide bonds. The molecule has 92 valence electrons. The first kappa shape index (κ1) is 17.1. The van der Waals surface area contributed by atoms with Crippen molar-refractivity contribution in [2.45, 2.75) is 13.1 Å². The van der Waals surface area contributed by atoms with E-state index in [4.69, 9.17) is 24.8 Å². The molecule has 6 heteroatoms. The van der Waals surface area contributed by atoms with Crippen LogP contribution in [0.25, 0.3) is 0 Å². The van der Waals surface area contributed by atoms with Crippen molar-refractivity contribution in [1.82, 2.24) is 14.9 Å². The van der Waals surface area contributed by atoms with E-state index in [0.29, 0.717) is 17.4 Å². The van der Waals surface area contributed by atoms with Gasteiger partial charge in [0.15, 0.2) is 0 Å². The monoisotopic (exact) mass is 313 g/mol. The number of nitrogens with zero attached hydrogens (tertiary/aromatic N) is 3. The predicted molar refractivity (Wildman–Crippen MR) is 77.7 cm³/mol. The van der Waals surface area contributed by atoms with Gasteiger partial charge in [-0.15, -0.1) is 0 Å². The third kappa shape index (κ3) is 5.91. The van der Waals surface area contributed by atoms with E-state index < -0.39 is 0 Å². The summed E-state index contributed by atoms with van der Waals surface area (Å²) in [5.74, 6) is 0. The minimum absolute atomic E-state index is 0. The van der Waals surface area contributed by atoms with Gasteiger partial charge < -0.3 is 29.7 Å². The second kappa shape index (κ2) is 9.07. The molecule has 0 aromatic carbocycles. The molecule has 2 aromatic heterocycles. The summed E-state index contributed by atoms with van der Waals surface area (Å²) < 4.78 is 0.461. The molecule has 0 aliphatic rings. The first-order valence-electron chi connectivity index (χ1n) is 5.49. The zero-order valence-corrected chi connectivity index (χ0v) is 15.4. The van der Waals surface area contributed by atoms with Crippen molar-refractivity contribution in [3.05, 3.63) is 60.2 Å². The van der Waals surface area contributed by atoms with Crippen LogP contribution in [0.4, 0.5) is 0 Å². The van der Waals surface area contributed by atoms with Crippen LogP contribution < -0.4 is 51.4 Å². The first-order chi connectivity index (χ1) is 8.75. The summed E-state index contributed by atoms with van der Waals surface area (Å²) in [6, 6.07) is 7.84. The molecule has 0 saturated carbocycles. The second-order valence-electron chi connectivity index (χ2n) is 3.84. The van der Waals surface area contributed by atoms with Crippen LogP contribution in [0, 0.1) is 0 Å². The zero-order chi connectivity index (χ0) is 12.8. The molecule has 0 fully saturated rings. The molecule has 2 rings (SSSR count). The molecule has 0 unspecified atom stereocenters. The van der Waals surface area contributed by atoms with Crippen molar-refractivity contribution in [3.8, 4) is 0 Å². The molecule has 0 N–H and O–H groups in total. The minimum Gasteiger partial charge on any atom is -0.411 e. The summed E-state index contributed by atoms with van der Waals surface area (Å²) >= 11 is 10.2. The molecule has 19 heavy (non-hydrogen) atoms. The van der Waals surface area contributed by atoms with Crippen LogP contribution in [-0.4, -0.2) is 19.2 Å². The van der Waals surface area contributed by atoms with Gasteiger partial charge in [-0.1, -0.05) is 16.5 Å². The number of thiocarbonyl (C=S) groups is 1. The van der Waals surface area contributed by atoms with E-state index in [1.54, 1.807) is 12.4 Å². The number of pyridine rings is 2. The quantitative estimate of drug-likeness (QED) is 0.424. The predicted octanol–water partition coefficient (Wildman–Crippen LogP) is -0.685. The fourth-order valence-corrected chi connectivity index (χ4v) is 1.87. The average Bonchev–Trinajstić information content (AvgIpc) is 2.40. The van der Waals surface area contributed by atoms with E-state index >= 15 is 0 Å². The van der Waals surface area contributed by atoms with E-state index in [0.717, 1.165) is 11.1 Å². The standard InChI is InChI=1S/C13H13N3S2.K/c17-13(18)16(9-11-3-1-5-14-7-11)10-12-4-2-6-15-8-12;/h1-8H,9-10H2,(H,17,18);/q;+1/p-1. The zero-order valence-electron chi connectivity index (χ0n) is 10.7. The SMILES string of the molecule is S=C([S-])N(Cc1cccnc1)Cc1cccnc1.[K+]. The Labute approximate surface area is 166 Å². The summed E-state index contributed by atoms with van der Waals surface area (Å²) in [6.45, 7) is 1.34. The molecular formula is C13H12KN3S2. The number of rotatable bonds is 4. The van der Waals surface area contributed by atoms with Gasteiger partial charge in [-0.25, -0.2) is 0 Å². The van der Waals surface area contributed by atoms with E-state index in [1.165, 1.54) is 0 Å². The summed E-state index contributed by atoms with van der Waals surface area (Å²) in [7, 11) is 0. The fraction of sp³-hybridized carbons (Fsp3) is 0.154. The molecule has 2 heterocycles. The second-order valence-corrected chi connectivity index (χ2v) is 4.88. The number of aromatic nitrogens is 2. The van der Waals surface area contributed by atoms with Crippen molar-refractivity contribution in [1.29, 1.82) is 0 Å². The van der Waals surface area contributed by atoms with Crippen LogP contribution in [-0.2, 0) is 25.7 Å². The Hall–Kier alpha value is 0.0464. The van der Waals surface area contributed by atoms with E-state index in [1.807, 2.05) is 41.6 Å². The summed E-state index contributed by atoms with van der Waals surface area (Å²) in [5, 5.41) is 0. The van der Waals surface area contributed by atoms with Crippen LogP contribution in [0.15, 0.2) is 49.1 Å². The molecule has 0 atom stereocenters. The molecule has 2 aromatic rings. The minimum atomic E-state index is 0. The van der Waals surface area contributed by atoms with Crippen molar-refractivity contribution < 1.29 is 51.4 Å². The van der Waals surface area contributed by atoms with Crippen molar-refractivity contribution in [2.24, 2.45) is 0 Å². The molecule has 0 radical (unpaired) electrons. The summed E-state index contributed by atoms with van der Waals surface area (Å²) in [6.07, 6.45) is 7.15. The molecule has 0 spiro atoms. The van der Waals surface area contributed by atoms with E-state index in [2.05, 4.69) is 9.97 Å². The maximum Gasteiger partial charge on any atom is 1.00 e. The molecule has 0 bridgehead atoms. The van der Waals surface area contributed by atoms with Gasteiger partial charge >= 0.3 is 51.4 Å². The van der Waals surface area contributed by atoms with Gasteiger partial charge in [-0.3, -0.25) is 9.97 Å². The summed E-state index contributed by atoms with van der Waals surface area (Å²) in [4.78, 5) is 10.1. The van der Waals surface area contributed by atoms with Crippen molar-refractivity contribution >= 4 is 29.2 Å². The molecule has 0 aliphatic carbocycles. The maximum atomic E-state index is 5.12. The van der Waals surface area contributed by atoms with Gasteiger partial charge in [0.25, 0.3) is 0 Å². The van der Waals surface area contributed by atoms with Gasteiger partial charge in [0.2, 0.25) is 0 Å². The number of hydrogen-bond acceptors (Lipinski definition) is 4. The van der Waals surface area contributed by atoms with E-state index in [-0.39, 0.29) is 51.4 Å². The Morgan fingerprint density at radius 1 is 1.05 bits per heavy atom. The Bertz CT molecular complexity index is 466. The molecule has 0 aliphatic heterocycles. The smallest absolute Gasteiger partial charge is 0.411 e. The normalized spacial score (nSPS) is 9.47. The molecule has 3 nitrogen and oxygen atoms in total. The Kier molecular flexibility index (Phi) is 8.16. The Morgan fingerprint density at radius 2 is 1.53 bits per heavy atom.